The van der Waals surface area contributed by atoms with Crippen molar-refractivity contribution in [3.8, 4) is 22.3 Å². The molecule has 6 aromatic rings. The van der Waals surface area contributed by atoms with Gasteiger partial charge in [0.25, 0.3) is 0 Å². The van der Waals surface area contributed by atoms with Crippen LogP contribution in [0.2, 0.25) is 0 Å². The lowest BCUT2D eigenvalue weighted by Gasteiger charge is -2.00. The van der Waals surface area contributed by atoms with Gasteiger partial charge in [-0.15, -0.1) is 0 Å². The molecule has 0 bridgehead atoms. The van der Waals surface area contributed by atoms with Crippen LogP contribution in [-0.4, -0.2) is 0 Å². The minimum atomic E-state index is 1.28. The first-order chi connectivity index (χ1) is 22.3. The zero-order chi connectivity index (χ0) is 34.2. The third-order valence-corrected chi connectivity index (χ3v) is 6.75. The fourth-order valence-corrected chi connectivity index (χ4v) is 4.03. The zero-order valence-corrected chi connectivity index (χ0v) is 30.0. The third kappa shape index (κ3) is 16.4. The van der Waals surface area contributed by atoms with Crippen molar-refractivity contribution in [2.45, 2.75) is 69.2 Å². The van der Waals surface area contributed by atoms with Crippen molar-refractivity contribution in [3.05, 3.63) is 191 Å². The van der Waals surface area contributed by atoms with E-state index in [2.05, 4.69) is 187 Å². The van der Waals surface area contributed by atoms with Crippen molar-refractivity contribution in [2.24, 2.45) is 0 Å². The number of aryl methyl sites for hydroxylation is 6. The molecule has 6 aromatic carbocycles. The SMILES string of the molecule is CC.CC.Cc1ccc(-c2ccccc2)cc1.Cc1ccc(-c2ccccc2)cc1.Cc1ccc(C)cc1.Cc1ccc(C)cc1. The van der Waals surface area contributed by atoms with E-state index >= 15 is 0 Å². The molecule has 46 heavy (non-hydrogen) atoms. The van der Waals surface area contributed by atoms with Crippen LogP contribution in [-0.2, 0) is 0 Å². The van der Waals surface area contributed by atoms with E-state index in [1.54, 1.807) is 0 Å². The van der Waals surface area contributed by atoms with Crippen molar-refractivity contribution in [3.63, 3.8) is 0 Å². The normalized spacial score (nSPS) is 9.09. The molecule has 240 valence electrons. The van der Waals surface area contributed by atoms with Crippen LogP contribution in [0.3, 0.4) is 0 Å². The Kier molecular flexibility index (Phi) is 20.2. The average Bonchev–Trinajstić information content (AvgIpc) is 3.11. The number of rotatable bonds is 2. The standard InChI is InChI=1S/2C13H12.2C8H10.2C2H6/c2*1-11-7-9-13(10-8-11)12-5-3-2-4-6-12;2*1-7-3-5-8(2)6-4-7;2*1-2/h2*2-10H,1H3;2*3-6H,1-2H3;2*1-2H3. The van der Waals surface area contributed by atoms with Gasteiger partial charge in [0.05, 0.1) is 0 Å². The Balaban J connectivity index is 0.000000302. The molecule has 0 unspecified atom stereocenters. The molecular formula is C46H56. The van der Waals surface area contributed by atoms with Crippen LogP contribution < -0.4 is 0 Å². The van der Waals surface area contributed by atoms with Crippen molar-refractivity contribution in [2.75, 3.05) is 0 Å². The fourth-order valence-electron chi connectivity index (χ4n) is 4.03. The summed E-state index contributed by atoms with van der Waals surface area (Å²) in [5, 5.41) is 0. The van der Waals surface area contributed by atoms with Crippen LogP contribution in [0.1, 0.15) is 61.1 Å². The lowest BCUT2D eigenvalue weighted by Crippen LogP contribution is -1.76. The Labute approximate surface area is 281 Å². The predicted octanol–water partition coefficient (Wildman–Crippen LogP) is 14.0. The van der Waals surface area contributed by atoms with Gasteiger partial charge in [0, 0.05) is 0 Å². The number of hydrogen-bond donors (Lipinski definition) is 0. The maximum atomic E-state index is 2.16. The lowest BCUT2D eigenvalue weighted by molar-refractivity contribution is 1.40. The lowest BCUT2D eigenvalue weighted by atomic mass is 10.0. The van der Waals surface area contributed by atoms with Crippen molar-refractivity contribution in [1.29, 1.82) is 0 Å². The molecule has 0 fully saturated rings. The maximum Gasteiger partial charge on any atom is -0.0184 e. The summed E-state index contributed by atoms with van der Waals surface area (Å²) < 4.78 is 0. The maximum absolute atomic E-state index is 2.16. The molecule has 0 aliphatic heterocycles. The third-order valence-electron chi connectivity index (χ3n) is 6.75. The summed E-state index contributed by atoms with van der Waals surface area (Å²) in [7, 11) is 0. The summed E-state index contributed by atoms with van der Waals surface area (Å²) in [6.07, 6.45) is 0. The van der Waals surface area contributed by atoms with Gasteiger partial charge in [-0.05, 0) is 63.8 Å². The monoisotopic (exact) mass is 608 g/mol. The summed E-state index contributed by atoms with van der Waals surface area (Å²) >= 11 is 0. The largest absolute Gasteiger partial charge is 0.0683 e. The highest BCUT2D eigenvalue weighted by Gasteiger charge is 1.95. The molecule has 0 spiro atoms. The van der Waals surface area contributed by atoms with Crippen LogP contribution in [0.25, 0.3) is 22.3 Å². The Bertz CT molecular complexity index is 1380. The molecule has 0 heteroatoms. The topological polar surface area (TPSA) is 0 Å². The Hall–Kier alpha value is -4.68. The molecule has 0 amide bonds. The smallest absolute Gasteiger partial charge is 0.0184 e. The van der Waals surface area contributed by atoms with Gasteiger partial charge in [-0.3, -0.25) is 0 Å². The van der Waals surface area contributed by atoms with Gasteiger partial charge >= 0.3 is 0 Å². The second-order valence-corrected chi connectivity index (χ2v) is 10.8. The summed E-state index contributed by atoms with van der Waals surface area (Å²) in [5.74, 6) is 0. The Morgan fingerprint density at radius 3 is 0.543 bits per heavy atom. The van der Waals surface area contributed by atoms with Gasteiger partial charge in [-0.2, -0.15) is 0 Å². The van der Waals surface area contributed by atoms with Crippen LogP contribution in [0.4, 0.5) is 0 Å². The van der Waals surface area contributed by atoms with Crippen molar-refractivity contribution < 1.29 is 0 Å². The minimum absolute atomic E-state index is 1.28. The van der Waals surface area contributed by atoms with Gasteiger partial charge in [0.2, 0.25) is 0 Å². The molecule has 0 atom stereocenters. The molecule has 0 N–H and O–H groups in total. The molecule has 0 heterocycles. The zero-order valence-electron chi connectivity index (χ0n) is 30.0. The Morgan fingerprint density at radius 1 is 0.196 bits per heavy atom. The van der Waals surface area contributed by atoms with E-state index in [0.717, 1.165) is 0 Å². The number of hydrogen-bond acceptors (Lipinski definition) is 0. The van der Waals surface area contributed by atoms with E-state index in [1.165, 1.54) is 55.6 Å². The summed E-state index contributed by atoms with van der Waals surface area (Å²) in [6, 6.07) is 55.0. The quantitative estimate of drug-likeness (QED) is 0.183. The molecule has 0 radical (unpaired) electrons. The van der Waals surface area contributed by atoms with Crippen molar-refractivity contribution >= 4 is 0 Å². The molecule has 0 saturated heterocycles. The molecule has 0 aliphatic rings. The van der Waals surface area contributed by atoms with Crippen LogP contribution in [0.15, 0.2) is 158 Å². The first kappa shape index (κ1) is 39.3. The highest BCUT2D eigenvalue weighted by atomic mass is 14.0. The second-order valence-electron chi connectivity index (χ2n) is 10.8. The van der Waals surface area contributed by atoms with E-state index < -0.39 is 0 Å². The second kappa shape index (κ2) is 23.7. The van der Waals surface area contributed by atoms with E-state index in [9.17, 15) is 0 Å². The average molecular weight is 609 g/mol. The Morgan fingerprint density at radius 2 is 0.348 bits per heavy atom. The molecular weight excluding hydrogens is 553 g/mol. The van der Waals surface area contributed by atoms with E-state index in [-0.39, 0.29) is 0 Å². The minimum Gasteiger partial charge on any atom is -0.0683 e. The first-order valence-electron chi connectivity index (χ1n) is 16.6. The van der Waals surface area contributed by atoms with E-state index in [0.29, 0.717) is 0 Å². The number of benzene rings is 6. The summed E-state index contributed by atoms with van der Waals surface area (Å²) in [4.78, 5) is 0. The van der Waals surface area contributed by atoms with Crippen LogP contribution in [0.5, 0.6) is 0 Å². The van der Waals surface area contributed by atoms with Gasteiger partial charge in [0.1, 0.15) is 0 Å². The molecule has 0 saturated carbocycles. The van der Waals surface area contributed by atoms with Crippen molar-refractivity contribution in [1.82, 2.24) is 0 Å². The molecule has 0 nitrogen and oxygen atoms in total. The highest BCUT2D eigenvalue weighted by molar-refractivity contribution is 5.64. The van der Waals surface area contributed by atoms with Crippen LogP contribution in [0, 0.1) is 41.5 Å². The van der Waals surface area contributed by atoms with E-state index in [4.69, 9.17) is 0 Å². The van der Waals surface area contributed by atoms with Gasteiger partial charge < -0.3 is 0 Å². The van der Waals surface area contributed by atoms with Gasteiger partial charge in [-0.25, -0.2) is 0 Å². The first-order valence-corrected chi connectivity index (χ1v) is 16.6. The summed E-state index contributed by atoms with van der Waals surface area (Å²) in [5.41, 5.74) is 13.1. The molecule has 0 aromatic heterocycles. The van der Waals surface area contributed by atoms with Gasteiger partial charge in [0.15, 0.2) is 0 Å². The summed E-state index contributed by atoms with van der Waals surface area (Å²) in [6.45, 7) is 20.6. The van der Waals surface area contributed by atoms with E-state index in [1.807, 2.05) is 39.8 Å². The molecule has 6 rings (SSSR count). The predicted molar refractivity (Wildman–Crippen MR) is 208 cm³/mol. The van der Waals surface area contributed by atoms with Crippen LogP contribution >= 0.6 is 0 Å². The highest BCUT2D eigenvalue weighted by Crippen LogP contribution is 2.19. The van der Waals surface area contributed by atoms with Gasteiger partial charge in [-0.1, -0.05) is 219 Å². The molecule has 0 aliphatic carbocycles. The fraction of sp³-hybridized carbons (Fsp3) is 0.217.